The van der Waals surface area contributed by atoms with Crippen LogP contribution in [-0.2, 0) is 4.79 Å². The summed E-state index contributed by atoms with van der Waals surface area (Å²) in [6.07, 6.45) is -6.46. The maximum atomic E-state index is 10.3. The van der Waals surface area contributed by atoms with Gasteiger partial charge in [-0.1, -0.05) is 0 Å². The molecule has 12 heavy (non-hydrogen) atoms. The number of aliphatic hydroxyl groups is 4. The molecule has 0 aliphatic carbocycles. The van der Waals surface area contributed by atoms with Crippen LogP contribution >= 0.6 is 0 Å². The van der Waals surface area contributed by atoms with Crippen LogP contribution in [0, 0.1) is 0 Å². The smallest absolute Gasteiger partial charge is 0.249 e. The van der Waals surface area contributed by atoms with E-state index >= 15 is 0 Å². The highest BCUT2D eigenvalue weighted by molar-refractivity contribution is 5.79. The second kappa shape index (κ2) is 4.36. The zero-order valence-electron chi connectivity index (χ0n) is 6.58. The first-order valence-electron chi connectivity index (χ1n) is 3.39. The van der Waals surface area contributed by atoms with Crippen LogP contribution in [0.1, 0.15) is 6.92 Å². The highest BCUT2D eigenvalue weighted by Crippen LogP contribution is 2.03. The molecule has 0 aliphatic rings. The second-order valence-corrected chi connectivity index (χ2v) is 2.57. The van der Waals surface area contributed by atoms with Crippen LogP contribution < -0.4 is 5.73 Å². The highest BCUT2D eigenvalue weighted by Gasteiger charge is 2.31. The van der Waals surface area contributed by atoms with Gasteiger partial charge >= 0.3 is 0 Å². The molecule has 6 nitrogen and oxygen atoms in total. The van der Waals surface area contributed by atoms with E-state index in [0.717, 1.165) is 0 Å². The van der Waals surface area contributed by atoms with Crippen LogP contribution in [0.3, 0.4) is 0 Å². The Hall–Kier alpha value is -0.690. The molecule has 0 aliphatic heterocycles. The predicted molar refractivity (Wildman–Crippen MR) is 38.9 cm³/mol. The van der Waals surface area contributed by atoms with Crippen molar-refractivity contribution in [1.29, 1.82) is 0 Å². The average Bonchev–Trinajstić information content (AvgIpc) is 2.00. The van der Waals surface area contributed by atoms with Crippen LogP contribution in [0.25, 0.3) is 0 Å². The number of rotatable bonds is 4. The number of carbonyl (C=O) groups excluding carboxylic acids is 1. The van der Waals surface area contributed by atoms with Gasteiger partial charge in [-0.05, 0) is 6.92 Å². The molecular formula is C6H13NO5. The van der Waals surface area contributed by atoms with E-state index in [1.54, 1.807) is 0 Å². The fourth-order valence-corrected chi connectivity index (χ4v) is 0.640. The number of amides is 1. The summed E-state index contributed by atoms with van der Waals surface area (Å²) in [6, 6.07) is 0. The number of aliphatic hydroxyl groups excluding tert-OH is 4. The zero-order chi connectivity index (χ0) is 9.89. The minimum Gasteiger partial charge on any atom is -0.391 e. The van der Waals surface area contributed by atoms with E-state index in [-0.39, 0.29) is 0 Å². The SMILES string of the molecule is C[C@@H](O)[C@@H](O)[C@H](O)[C@H](O)C(N)=O. The number of nitrogens with two attached hydrogens (primary N) is 1. The number of carbonyl (C=O) groups is 1. The van der Waals surface area contributed by atoms with Crippen LogP contribution in [0.4, 0.5) is 0 Å². The topological polar surface area (TPSA) is 124 Å². The van der Waals surface area contributed by atoms with Crippen LogP contribution in [-0.4, -0.2) is 50.7 Å². The molecule has 0 fully saturated rings. The summed E-state index contributed by atoms with van der Waals surface area (Å²) >= 11 is 0. The summed E-state index contributed by atoms with van der Waals surface area (Å²) in [5, 5.41) is 35.5. The average molecular weight is 179 g/mol. The van der Waals surface area contributed by atoms with Gasteiger partial charge in [0, 0.05) is 0 Å². The largest absolute Gasteiger partial charge is 0.391 e. The molecule has 0 aromatic carbocycles. The zero-order valence-corrected chi connectivity index (χ0v) is 6.58. The first-order valence-corrected chi connectivity index (χ1v) is 3.39. The van der Waals surface area contributed by atoms with Gasteiger partial charge in [0.25, 0.3) is 0 Å². The fourth-order valence-electron chi connectivity index (χ4n) is 0.640. The van der Waals surface area contributed by atoms with Gasteiger partial charge in [-0.15, -0.1) is 0 Å². The summed E-state index contributed by atoms with van der Waals surface area (Å²) < 4.78 is 0. The van der Waals surface area contributed by atoms with E-state index in [1.165, 1.54) is 6.92 Å². The normalized spacial score (nSPS) is 21.1. The quantitative estimate of drug-likeness (QED) is 0.313. The van der Waals surface area contributed by atoms with Crippen molar-refractivity contribution in [2.45, 2.75) is 31.3 Å². The lowest BCUT2D eigenvalue weighted by Crippen LogP contribution is -2.48. The maximum absolute atomic E-state index is 10.3. The molecule has 0 radical (unpaired) electrons. The summed E-state index contributed by atoms with van der Waals surface area (Å²) in [5.74, 6) is -1.15. The molecule has 0 saturated carbocycles. The summed E-state index contributed by atoms with van der Waals surface area (Å²) in [5.41, 5.74) is 4.63. The van der Waals surface area contributed by atoms with E-state index in [4.69, 9.17) is 20.4 Å². The van der Waals surface area contributed by atoms with Crippen molar-refractivity contribution in [2.75, 3.05) is 0 Å². The minimum absolute atomic E-state index is 1.15. The fraction of sp³-hybridized carbons (Fsp3) is 0.833. The van der Waals surface area contributed by atoms with Crippen LogP contribution in [0.2, 0.25) is 0 Å². The molecule has 72 valence electrons. The minimum atomic E-state index is -1.87. The Morgan fingerprint density at radius 3 is 1.83 bits per heavy atom. The second-order valence-electron chi connectivity index (χ2n) is 2.57. The molecule has 0 rings (SSSR count). The molecule has 4 atom stereocenters. The van der Waals surface area contributed by atoms with Gasteiger partial charge in [0.1, 0.15) is 12.2 Å². The molecule has 0 aromatic rings. The third-order valence-electron chi connectivity index (χ3n) is 1.46. The van der Waals surface area contributed by atoms with Gasteiger partial charge in [-0.3, -0.25) is 4.79 Å². The van der Waals surface area contributed by atoms with Gasteiger partial charge in [-0.25, -0.2) is 0 Å². The Labute approximate surface area is 69.2 Å². The lowest BCUT2D eigenvalue weighted by molar-refractivity contribution is -0.142. The van der Waals surface area contributed by atoms with Gasteiger partial charge in [0.15, 0.2) is 6.10 Å². The molecule has 0 bridgehead atoms. The number of hydrogen-bond acceptors (Lipinski definition) is 5. The van der Waals surface area contributed by atoms with E-state index in [9.17, 15) is 4.79 Å². The molecule has 1 amide bonds. The Balaban J connectivity index is 4.18. The Morgan fingerprint density at radius 1 is 1.17 bits per heavy atom. The molecule has 0 unspecified atom stereocenters. The van der Waals surface area contributed by atoms with E-state index in [1.807, 2.05) is 0 Å². The molecular weight excluding hydrogens is 166 g/mol. The third-order valence-corrected chi connectivity index (χ3v) is 1.46. The van der Waals surface area contributed by atoms with Crippen molar-refractivity contribution < 1.29 is 25.2 Å². The molecule has 0 saturated heterocycles. The predicted octanol–water partition coefficient (Wildman–Crippen LogP) is -3.06. The van der Waals surface area contributed by atoms with Crippen molar-refractivity contribution in [3.8, 4) is 0 Å². The van der Waals surface area contributed by atoms with Crippen molar-refractivity contribution >= 4 is 5.91 Å². The van der Waals surface area contributed by atoms with Crippen LogP contribution in [0.5, 0.6) is 0 Å². The molecule has 0 spiro atoms. The monoisotopic (exact) mass is 179 g/mol. The molecule has 6 N–H and O–H groups in total. The summed E-state index contributed by atoms with van der Waals surface area (Å²) in [4.78, 5) is 10.3. The van der Waals surface area contributed by atoms with Crippen molar-refractivity contribution in [3.05, 3.63) is 0 Å². The molecule has 6 heteroatoms. The molecule has 0 heterocycles. The Bertz CT molecular complexity index is 160. The van der Waals surface area contributed by atoms with E-state index in [2.05, 4.69) is 5.73 Å². The van der Waals surface area contributed by atoms with Gasteiger partial charge in [-0.2, -0.15) is 0 Å². The third kappa shape index (κ3) is 2.74. The van der Waals surface area contributed by atoms with Crippen molar-refractivity contribution in [1.82, 2.24) is 0 Å². The summed E-state index contributed by atoms with van der Waals surface area (Å²) in [6.45, 7) is 1.21. The molecule has 0 aromatic heterocycles. The Kier molecular flexibility index (Phi) is 4.11. The lowest BCUT2D eigenvalue weighted by atomic mass is 10.0. The Morgan fingerprint density at radius 2 is 1.58 bits per heavy atom. The van der Waals surface area contributed by atoms with Gasteiger partial charge in [0.2, 0.25) is 5.91 Å². The summed E-state index contributed by atoms with van der Waals surface area (Å²) in [7, 11) is 0. The van der Waals surface area contributed by atoms with Crippen LogP contribution in [0.15, 0.2) is 0 Å². The van der Waals surface area contributed by atoms with Gasteiger partial charge < -0.3 is 26.2 Å². The van der Waals surface area contributed by atoms with Crippen molar-refractivity contribution in [3.63, 3.8) is 0 Å². The number of primary amides is 1. The maximum Gasteiger partial charge on any atom is 0.249 e. The van der Waals surface area contributed by atoms with E-state index < -0.39 is 30.3 Å². The highest BCUT2D eigenvalue weighted by atomic mass is 16.4. The van der Waals surface area contributed by atoms with Crippen molar-refractivity contribution in [2.24, 2.45) is 5.73 Å². The number of hydrogen-bond donors (Lipinski definition) is 5. The lowest BCUT2D eigenvalue weighted by Gasteiger charge is -2.22. The standard InChI is InChI=1S/C6H13NO5/c1-2(8)3(9)4(10)5(11)6(7)12/h2-5,8-11H,1H3,(H2,7,12)/t2-,3-,4+,5+/m1/s1. The van der Waals surface area contributed by atoms with Gasteiger partial charge in [0.05, 0.1) is 6.10 Å². The van der Waals surface area contributed by atoms with E-state index in [0.29, 0.717) is 0 Å². The first-order chi connectivity index (χ1) is 5.37. The first kappa shape index (κ1) is 11.3.